The number of hydrogen-bond donors (Lipinski definition) is 1. The van der Waals surface area contributed by atoms with E-state index in [1.54, 1.807) is 7.11 Å². The molecule has 0 aromatic heterocycles. The summed E-state index contributed by atoms with van der Waals surface area (Å²) < 4.78 is 16.5. The SMILES string of the molecule is COc1ccccc1CC(N)c1ccc2c(c1)OCCO2. The van der Waals surface area contributed by atoms with Crippen molar-refractivity contribution in [2.75, 3.05) is 20.3 Å². The molecule has 0 bridgehead atoms. The van der Waals surface area contributed by atoms with Crippen molar-refractivity contribution in [3.8, 4) is 17.2 Å². The van der Waals surface area contributed by atoms with Gasteiger partial charge in [0.25, 0.3) is 0 Å². The van der Waals surface area contributed by atoms with Crippen molar-refractivity contribution in [2.24, 2.45) is 5.73 Å². The maximum Gasteiger partial charge on any atom is 0.161 e. The second kappa shape index (κ2) is 6.06. The molecule has 2 aromatic carbocycles. The predicted molar refractivity (Wildman–Crippen MR) is 81.1 cm³/mol. The Labute approximate surface area is 124 Å². The molecule has 4 nitrogen and oxygen atoms in total. The molecule has 1 atom stereocenters. The molecule has 0 amide bonds. The molecule has 0 fully saturated rings. The number of methoxy groups -OCH3 is 1. The molecule has 3 rings (SSSR count). The molecule has 0 saturated heterocycles. The largest absolute Gasteiger partial charge is 0.496 e. The highest BCUT2D eigenvalue weighted by atomic mass is 16.6. The number of para-hydroxylation sites is 1. The molecule has 1 heterocycles. The lowest BCUT2D eigenvalue weighted by molar-refractivity contribution is 0.171. The average molecular weight is 285 g/mol. The van der Waals surface area contributed by atoms with Gasteiger partial charge in [-0.15, -0.1) is 0 Å². The van der Waals surface area contributed by atoms with E-state index in [0.29, 0.717) is 19.6 Å². The molecule has 2 aromatic rings. The average Bonchev–Trinajstić information content (AvgIpc) is 2.55. The summed E-state index contributed by atoms with van der Waals surface area (Å²) in [6.07, 6.45) is 0.712. The summed E-state index contributed by atoms with van der Waals surface area (Å²) in [5.74, 6) is 2.43. The van der Waals surface area contributed by atoms with Gasteiger partial charge in [0.15, 0.2) is 11.5 Å². The van der Waals surface area contributed by atoms with Crippen LogP contribution in [0.2, 0.25) is 0 Å². The zero-order valence-electron chi connectivity index (χ0n) is 12.0. The van der Waals surface area contributed by atoms with E-state index in [2.05, 4.69) is 0 Å². The summed E-state index contributed by atoms with van der Waals surface area (Å²) in [7, 11) is 1.68. The van der Waals surface area contributed by atoms with Crippen molar-refractivity contribution < 1.29 is 14.2 Å². The van der Waals surface area contributed by atoms with E-state index in [-0.39, 0.29) is 6.04 Å². The number of hydrogen-bond acceptors (Lipinski definition) is 4. The standard InChI is InChI=1S/C17H19NO3/c1-19-15-5-3-2-4-13(15)10-14(18)12-6-7-16-17(11-12)21-9-8-20-16/h2-7,11,14H,8-10,18H2,1H3. The van der Waals surface area contributed by atoms with Gasteiger partial charge >= 0.3 is 0 Å². The third kappa shape index (κ3) is 2.95. The summed E-state index contributed by atoms with van der Waals surface area (Å²) >= 11 is 0. The molecule has 0 spiro atoms. The van der Waals surface area contributed by atoms with E-state index < -0.39 is 0 Å². The molecule has 21 heavy (non-hydrogen) atoms. The third-order valence-corrected chi connectivity index (χ3v) is 3.63. The summed E-state index contributed by atoms with van der Waals surface area (Å²) in [5.41, 5.74) is 8.46. The lowest BCUT2D eigenvalue weighted by atomic mass is 9.98. The summed E-state index contributed by atoms with van der Waals surface area (Å²) in [5, 5.41) is 0. The van der Waals surface area contributed by atoms with Gasteiger partial charge in [-0.3, -0.25) is 0 Å². The quantitative estimate of drug-likeness (QED) is 0.938. The minimum Gasteiger partial charge on any atom is -0.496 e. The van der Waals surface area contributed by atoms with Crippen molar-refractivity contribution in [1.29, 1.82) is 0 Å². The fourth-order valence-electron chi connectivity index (χ4n) is 2.52. The van der Waals surface area contributed by atoms with Crippen LogP contribution in [0, 0.1) is 0 Å². The van der Waals surface area contributed by atoms with Crippen LogP contribution >= 0.6 is 0 Å². The van der Waals surface area contributed by atoms with Crippen molar-refractivity contribution >= 4 is 0 Å². The number of fused-ring (bicyclic) bond motifs is 1. The molecular formula is C17H19NO3. The first kappa shape index (κ1) is 13.8. The molecule has 2 N–H and O–H groups in total. The van der Waals surface area contributed by atoms with E-state index in [4.69, 9.17) is 19.9 Å². The summed E-state index contributed by atoms with van der Waals surface area (Å²) in [4.78, 5) is 0. The Bertz CT molecular complexity index is 627. The van der Waals surface area contributed by atoms with Crippen LogP contribution in [0.15, 0.2) is 42.5 Å². The Morgan fingerprint density at radius 2 is 1.86 bits per heavy atom. The first-order chi connectivity index (χ1) is 10.3. The molecule has 1 aliphatic rings. The lowest BCUT2D eigenvalue weighted by Crippen LogP contribution is -2.17. The molecule has 0 saturated carbocycles. The zero-order chi connectivity index (χ0) is 14.7. The monoisotopic (exact) mass is 285 g/mol. The van der Waals surface area contributed by atoms with Crippen molar-refractivity contribution in [2.45, 2.75) is 12.5 Å². The van der Waals surface area contributed by atoms with Crippen LogP contribution < -0.4 is 19.9 Å². The second-order valence-corrected chi connectivity index (χ2v) is 5.03. The Hall–Kier alpha value is -2.20. The van der Waals surface area contributed by atoms with Crippen LogP contribution in [0.5, 0.6) is 17.2 Å². The van der Waals surface area contributed by atoms with Crippen LogP contribution in [0.4, 0.5) is 0 Å². The third-order valence-electron chi connectivity index (χ3n) is 3.63. The van der Waals surface area contributed by atoms with Crippen LogP contribution in [0.25, 0.3) is 0 Å². The van der Waals surface area contributed by atoms with Gasteiger partial charge in [-0.25, -0.2) is 0 Å². The maximum absolute atomic E-state index is 6.33. The lowest BCUT2D eigenvalue weighted by Gasteiger charge is -2.21. The van der Waals surface area contributed by atoms with Crippen LogP contribution in [0.3, 0.4) is 0 Å². The Balaban J connectivity index is 1.80. The van der Waals surface area contributed by atoms with Crippen molar-refractivity contribution in [3.63, 3.8) is 0 Å². The summed E-state index contributed by atoms with van der Waals surface area (Å²) in [6.45, 7) is 1.18. The smallest absolute Gasteiger partial charge is 0.161 e. The Morgan fingerprint density at radius 1 is 1.10 bits per heavy atom. The minimum absolute atomic E-state index is 0.114. The van der Waals surface area contributed by atoms with E-state index in [1.807, 2.05) is 42.5 Å². The number of rotatable bonds is 4. The maximum atomic E-state index is 6.33. The second-order valence-electron chi connectivity index (χ2n) is 5.03. The fourth-order valence-corrected chi connectivity index (χ4v) is 2.52. The zero-order valence-corrected chi connectivity index (χ0v) is 12.0. The van der Waals surface area contributed by atoms with Gasteiger partial charge in [0.2, 0.25) is 0 Å². The van der Waals surface area contributed by atoms with E-state index in [0.717, 1.165) is 28.4 Å². The van der Waals surface area contributed by atoms with Crippen molar-refractivity contribution in [1.82, 2.24) is 0 Å². The first-order valence-electron chi connectivity index (χ1n) is 7.05. The summed E-state index contributed by atoms with van der Waals surface area (Å²) in [6, 6.07) is 13.7. The molecule has 0 radical (unpaired) electrons. The first-order valence-corrected chi connectivity index (χ1v) is 7.05. The molecule has 0 aliphatic carbocycles. The number of benzene rings is 2. The van der Waals surface area contributed by atoms with Gasteiger partial charge < -0.3 is 19.9 Å². The number of ether oxygens (including phenoxy) is 3. The van der Waals surface area contributed by atoms with Gasteiger partial charge in [-0.2, -0.15) is 0 Å². The van der Waals surface area contributed by atoms with Gasteiger partial charge in [-0.1, -0.05) is 24.3 Å². The van der Waals surface area contributed by atoms with Crippen molar-refractivity contribution in [3.05, 3.63) is 53.6 Å². The highest BCUT2D eigenvalue weighted by Gasteiger charge is 2.16. The van der Waals surface area contributed by atoms with Crippen LogP contribution in [-0.4, -0.2) is 20.3 Å². The number of nitrogens with two attached hydrogens (primary N) is 1. The molecule has 1 aliphatic heterocycles. The Morgan fingerprint density at radius 3 is 2.67 bits per heavy atom. The van der Waals surface area contributed by atoms with Crippen LogP contribution in [-0.2, 0) is 6.42 Å². The Kier molecular flexibility index (Phi) is 3.97. The van der Waals surface area contributed by atoms with Gasteiger partial charge in [-0.05, 0) is 35.7 Å². The van der Waals surface area contributed by atoms with E-state index in [9.17, 15) is 0 Å². The van der Waals surface area contributed by atoms with E-state index in [1.165, 1.54) is 0 Å². The van der Waals surface area contributed by atoms with Crippen LogP contribution in [0.1, 0.15) is 17.2 Å². The van der Waals surface area contributed by atoms with Gasteiger partial charge in [0, 0.05) is 6.04 Å². The highest BCUT2D eigenvalue weighted by molar-refractivity contribution is 5.45. The fraction of sp³-hybridized carbons (Fsp3) is 0.294. The molecular weight excluding hydrogens is 266 g/mol. The highest BCUT2D eigenvalue weighted by Crippen LogP contribution is 2.33. The topological polar surface area (TPSA) is 53.7 Å². The van der Waals surface area contributed by atoms with Gasteiger partial charge in [0.1, 0.15) is 19.0 Å². The van der Waals surface area contributed by atoms with Gasteiger partial charge in [0.05, 0.1) is 7.11 Å². The molecule has 1 unspecified atom stereocenters. The van der Waals surface area contributed by atoms with E-state index >= 15 is 0 Å². The normalized spacial score (nSPS) is 14.6. The predicted octanol–water partition coefficient (Wildman–Crippen LogP) is 2.71. The minimum atomic E-state index is -0.114. The molecule has 110 valence electrons. The molecule has 4 heteroatoms.